The maximum atomic E-state index is 11.6. The third-order valence-electron chi connectivity index (χ3n) is 3.23. The second-order valence-electron chi connectivity index (χ2n) is 4.42. The Balaban J connectivity index is 2.14. The summed E-state index contributed by atoms with van der Waals surface area (Å²) in [7, 11) is 3.09. The minimum absolute atomic E-state index is 0.0931. The van der Waals surface area contributed by atoms with Crippen LogP contribution in [0.15, 0.2) is 22.7 Å². The summed E-state index contributed by atoms with van der Waals surface area (Å²) in [6.45, 7) is 0. The van der Waals surface area contributed by atoms with Gasteiger partial charge in [0.15, 0.2) is 0 Å². The number of hydrogen-bond donors (Lipinski definition) is 0. The van der Waals surface area contributed by atoms with Crippen LogP contribution in [0.5, 0.6) is 5.75 Å². The van der Waals surface area contributed by atoms with Crippen LogP contribution in [0.25, 0.3) is 0 Å². The number of carbonyl (C=O) groups is 1. The highest BCUT2D eigenvalue weighted by molar-refractivity contribution is 9.10. The van der Waals surface area contributed by atoms with E-state index < -0.39 is 0 Å². The van der Waals surface area contributed by atoms with E-state index in [0.29, 0.717) is 0 Å². The monoisotopic (exact) mass is 298 g/mol. The molecule has 1 aliphatic rings. The second-order valence-corrected chi connectivity index (χ2v) is 5.27. The predicted molar refractivity (Wildman–Crippen MR) is 68.1 cm³/mol. The van der Waals surface area contributed by atoms with E-state index in [-0.39, 0.29) is 11.4 Å². The summed E-state index contributed by atoms with van der Waals surface area (Å²) in [4.78, 5) is 11.6. The molecule has 0 atom stereocenters. The Morgan fingerprint density at radius 2 is 2.12 bits per heavy atom. The summed E-state index contributed by atoms with van der Waals surface area (Å²) < 4.78 is 10.9. The van der Waals surface area contributed by atoms with Crippen LogP contribution in [0, 0.1) is 5.41 Å². The SMILES string of the molecule is COC(=O)C1(Cc2ccc(OC)c(Br)c2)CC1. The Morgan fingerprint density at radius 3 is 2.59 bits per heavy atom. The van der Waals surface area contributed by atoms with Crippen LogP contribution in [0.4, 0.5) is 0 Å². The van der Waals surface area contributed by atoms with Gasteiger partial charge in [-0.3, -0.25) is 4.79 Å². The lowest BCUT2D eigenvalue weighted by Crippen LogP contribution is -2.19. The van der Waals surface area contributed by atoms with E-state index in [2.05, 4.69) is 15.9 Å². The number of esters is 1. The molecule has 17 heavy (non-hydrogen) atoms. The molecular formula is C13H15BrO3. The van der Waals surface area contributed by atoms with Gasteiger partial charge < -0.3 is 9.47 Å². The summed E-state index contributed by atoms with van der Waals surface area (Å²) in [5.41, 5.74) is 0.851. The molecule has 1 aromatic rings. The van der Waals surface area contributed by atoms with Gasteiger partial charge >= 0.3 is 5.97 Å². The zero-order chi connectivity index (χ0) is 12.5. The van der Waals surface area contributed by atoms with Crippen molar-refractivity contribution >= 4 is 21.9 Å². The minimum atomic E-state index is -0.275. The first-order valence-corrected chi connectivity index (χ1v) is 6.31. The molecule has 0 saturated heterocycles. The van der Waals surface area contributed by atoms with Gasteiger partial charge in [-0.2, -0.15) is 0 Å². The summed E-state index contributed by atoms with van der Waals surface area (Å²) in [5.74, 6) is 0.709. The number of carbonyl (C=O) groups excluding carboxylic acids is 1. The number of ether oxygens (including phenoxy) is 2. The molecule has 0 aromatic heterocycles. The molecule has 0 amide bonds. The van der Waals surface area contributed by atoms with E-state index in [4.69, 9.17) is 9.47 Å². The van der Waals surface area contributed by atoms with E-state index in [9.17, 15) is 4.79 Å². The first-order chi connectivity index (χ1) is 8.11. The smallest absolute Gasteiger partial charge is 0.312 e. The van der Waals surface area contributed by atoms with Crippen LogP contribution < -0.4 is 4.74 Å². The number of benzene rings is 1. The van der Waals surface area contributed by atoms with E-state index >= 15 is 0 Å². The molecule has 0 spiro atoms. The number of rotatable bonds is 4. The number of hydrogen-bond acceptors (Lipinski definition) is 3. The van der Waals surface area contributed by atoms with Crippen LogP contribution in [-0.2, 0) is 16.0 Å². The Labute approximate surface area is 109 Å². The van der Waals surface area contributed by atoms with E-state index in [1.165, 1.54) is 7.11 Å². The fraction of sp³-hybridized carbons (Fsp3) is 0.462. The standard InChI is InChI=1S/C13H15BrO3/c1-16-11-4-3-9(7-10(11)14)8-13(5-6-13)12(15)17-2/h3-4,7H,5-6,8H2,1-2H3. The van der Waals surface area contributed by atoms with Gasteiger partial charge in [0.1, 0.15) is 5.75 Å². The number of methoxy groups -OCH3 is 2. The van der Waals surface area contributed by atoms with Gasteiger partial charge in [0.2, 0.25) is 0 Å². The lowest BCUT2D eigenvalue weighted by molar-refractivity contribution is -0.147. The lowest BCUT2D eigenvalue weighted by Gasteiger charge is -2.13. The summed E-state index contributed by atoms with van der Waals surface area (Å²) in [5, 5.41) is 0. The molecule has 0 bridgehead atoms. The molecule has 0 radical (unpaired) electrons. The van der Waals surface area contributed by atoms with Crippen molar-refractivity contribution in [3.05, 3.63) is 28.2 Å². The second kappa shape index (κ2) is 4.69. The quantitative estimate of drug-likeness (QED) is 0.802. The average molecular weight is 299 g/mol. The molecule has 0 aliphatic heterocycles. The molecule has 0 unspecified atom stereocenters. The van der Waals surface area contributed by atoms with Crippen LogP contribution in [-0.4, -0.2) is 20.2 Å². The van der Waals surface area contributed by atoms with E-state index in [1.54, 1.807) is 7.11 Å². The van der Waals surface area contributed by atoms with Crippen molar-refractivity contribution < 1.29 is 14.3 Å². The highest BCUT2D eigenvalue weighted by Gasteiger charge is 2.50. The molecule has 4 heteroatoms. The third-order valence-corrected chi connectivity index (χ3v) is 3.85. The van der Waals surface area contributed by atoms with Crippen molar-refractivity contribution in [2.45, 2.75) is 19.3 Å². The number of halogens is 1. The first-order valence-electron chi connectivity index (χ1n) is 5.52. The topological polar surface area (TPSA) is 35.5 Å². The highest BCUT2D eigenvalue weighted by atomic mass is 79.9. The van der Waals surface area contributed by atoms with Crippen molar-refractivity contribution in [3.8, 4) is 5.75 Å². The lowest BCUT2D eigenvalue weighted by atomic mass is 9.96. The predicted octanol–water partition coefficient (Wildman–Crippen LogP) is 2.95. The minimum Gasteiger partial charge on any atom is -0.496 e. The molecule has 1 aliphatic carbocycles. The Kier molecular flexibility index (Phi) is 3.43. The van der Waals surface area contributed by atoms with Gasteiger partial charge in [-0.25, -0.2) is 0 Å². The Bertz CT molecular complexity index is 438. The molecule has 1 aromatic carbocycles. The zero-order valence-electron chi connectivity index (χ0n) is 9.96. The molecule has 92 valence electrons. The van der Waals surface area contributed by atoms with Gasteiger partial charge in [-0.15, -0.1) is 0 Å². The Morgan fingerprint density at radius 1 is 1.41 bits per heavy atom. The van der Waals surface area contributed by atoms with Gasteiger partial charge in [0.05, 0.1) is 24.1 Å². The van der Waals surface area contributed by atoms with Gasteiger partial charge in [-0.1, -0.05) is 6.07 Å². The average Bonchev–Trinajstić information content (AvgIpc) is 3.09. The molecular weight excluding hydrogens is 284 g/mol. The molecule has 3 nitrogen and oxygen atoms in total. The fourth-order valence-electron chi connectivity index (χ4n) is 2.03. The van der Waals surface area contributed by atoms with Crippen molar-refractivity contribution in [3.63, 3.8) is 0 Å². The summed E-state index contributed by atoms with van der Waals surface area (Å²) in [6.07, 6.45) is 2.58. The fourth-order valence-corrected chi connectivity index (χ4v) is 2.62. The summed E-state index contributed by atoms with van der Waals surface area (Å²) in [6, 6.07) is 5.90. The zero-order valence-corrected chi connectivity index (χ0v) is 11.5. The Hall–Kier alpha value is -1.03. The largest absolute Gasteiger partial charge is 0.496 e. The van der Waals surface area contributed by atoms with Crippen LogP contribution in [0.2, 0.25) is 0 Å². The van der Waals surface area contributed by atoms with Crippen molar-refractivity contribution in [1.29, 1.82) is 0 Å². The first kappa shape index (κ1) is 12.4. The normalized spacial score (nSPS) is 16.4. The molecule has 1 fully saturated rings. The third kappa shape index (κ3) is 2.46. The molecule has 1 saturated carbocycles. The summed E-state index contributed by atoms with van der Waals surface area (Å²) >= 11 is 3.45. The van der Waals surface area contributed by atoms with E-state index in [0.717, 1.165) is 35.0 Å². The maximum absolute atomic E-state index is 11.6. The van der Waals surface area contributed by atoms with Gasteiger partial charge in [0, 0.05) is 0 Å². The van der Waals surface area contributed by atoms with Gasteiger partial charge in [0.25, 0.3) is 0 Å². The van der Waals surface area contributed by atoms with Crippen molar-refractivity contribution in [2.75, 3.05) is 14.2 Å². The van der Waals surface area contributed by atoms with Crippen molar-refractivity contribution in [1.82, 2.24) is 0 Å². The van der Waals surface area contributed by atoms with Gasteiger partial charge in [-0.05, 0) is 52.9 Å². The van der Waals surface area contributed by atoms with Crippen LogP contribution in [0.1, 0.15) is 18.4 Å². The van der Waals surface area contributed by atoms with Crippen LogP contribution >= 0.6 is 15.9 Å². The van der Waals surface area contributed by atoms with Crippen LogP contribution in [0.3, 0.4) is 0 Å². The highest BCUT2D eigenvalue weighted by Crippen LogP contribution is 2.49. The van der Waals surface area contributed by atoms with Crippen molar-refractivity contribution in [2.24, 2.45) is 5.41 Å². The maximum Gasteiger partial charge on any atom is 0.312 e. The molecule has 0 N–H and O–H groups in total. The molecule has 2 rings (SSSR count). The molecule has 0 heterocycles. The van der Waals surface area contributed by atoms with E-state index in [1.807, 2.05) is 18.2 Å².